The van der Waals surface area contributed by atoms with E-state index in [1.54, 1.807) is 0 Å². The van der Waals surface area contributed by atoms with E-state index in [1.807, 2.05) is 24.5 Å². The maximum atomic E-state index is 9.19. The Bertz CT molecular complexity index is 1420. The molecule has 0 atom stereocenters. The van der Waals surface area contributed by atoms with Crippen LogP contribution in [-0.4, -0.2) is 59.6 Å². The van der Waals surface area contributed by atoms with E-state index in [2.05, 4.69) is 119 Å². The van der Waals surface area contributed by atoms with Gasteiger partial charge in [0.25, 0.3) is 0 Å². The summed E-state index contributed by atoms with van der Waals surface area (Å²) in [5.41, 5.74) is 8.61. The van der Waals surface area contributed by atoms with Crippen molar-refractivity contribution in [2.75, 3.05) is 49.2 Å². The Balaban J connectivity index is 1.40. The van der Waals surface area contributed by atoms with Crippen LogP contribution in [0.3, 0.4) is 0 Å². The summed E-state index contributed by atoms with van der Waals surface area (Å²) in [5.74, 6) is 0. The van der Waals surface area contributed by atoms with E-state index >= 15 is 0 Å². The number of hydrogen-bond acceptors (Lipinski definition) is 6. The highest BCUT2D eigenvalue weighted by molar-refractivity contribution is 5.74. The van der Waals surface area contributed by atoms with E-state index in [0.29, 0.717) is 0 Å². The molecule has 0 radical (unpaired) electrons. The SMILES string of the molecule is CCCCN(CCCCO)c1ccc(/C=C/c2ccnc(-c3cc(/C=C/c4ccc(N(CCCC)CCCCO)cc4)ccn3)c2)cc1. The number of pyridine rings is 2. The second kappa shape index (κ2) is 20.9. The first-order chi connectivity index (χ1) is 23.6. The highest BCUT2D eigenvalue weighted by Gasteiger charge is 2.08. The van der Waals surface area contributed by atoms with E-state index in [9.17, 15) is 10.2 Å². The molecular formula is C42H54N4O2. The summed E-state index contributed by atoms with van der Waals surface area (Å²) in [7, 11) is 0. The number of rotatable bonds is 21. The van der Waals surface area contributed by atoms with Crippen molar-refractivity contribution in [1.82, 2.24) is 9.97 Å². The van der Waals surface area contributed by atoms with Gasteiger partial charge in [0.2, 0.25) is 0 Å². The van der Waals surface area contributed by atoms with Crippen LogP contribution in [0.1, 0.15) is 87.5 Å². The van der Waals surface area contributed by atoms with Gasteiger partial charge >= 0.3 is 0 Å². The van der Waals surface area contributed by atoms with Gasteiger partial charge in [-0.25, -0.2) is 0 Å². The monoisotopic (exact) mass is 646 g/mol. The highest BCUT2D eigenvalue weighted by atomic mass is 16.3. The largest absolute Gasteiger partial charge is 0.396 e. The van der Waals surface area contributed by atoms with Crippen molar-refractivity contribution in [3.63, 3.8) is 0 Å². The normalized spacial score (nSPS) is 11.5. The van der Waals surface area contributed by atoms with Crippen molar-refractivity contribution in [1.29, 1.82) is 0 Å². The molecule has 0 unspecified atom stereocenters. The Hall–Kier alpha value is -4.26. The van der Waals surface area contributed by atoms with Crippen molar-refractivity contribution in [2.24, 2.45) is 0 Å². The van der Waals surface area contributed by atoms with Gasteiger partial charge < -0.3 is 20.0 Å². The number of hydrogen-bond donors (Lipinski definition) is 2. The van der Waals surface area contributed by atoms with E-state index in [4.69, 9.17) is 0 Å². The summed E-state index contributed by atoms with van der Waals surface area (Å²) in [6, 6.07) is 25.7. The fourth-order valence-electron chi connectivity index (χ4n) is 5.63. The topological polar surface area (TPSA) is 72.7 Å². The predicted molar refractivity (Wildman–Crippen MR) is 205 cm³/mol. The Morgan fingerprint density at radius 2 is 0.854 bits per heavy atom. The Morgan fingerprint density at radius 3 is 1.23 bits per heavy atom. The van der Waals surface area contributed by atoms with Crippen LogP contribution in [0.15, 0.2) is 85.2 Å². The Morgan fingerprint density at radius 1 is 0.479 bits per heavy atom. The Labute approximate surface area is 288 Å². The van der Waals surface area contributed by atoms with E-state index < -0.39 is 0 Å². The lowest BCUT2D eigenvalue weighted by molar-refractivity contribution is 0.284. The molecule has 0 amide bonds. The summed E-state index contributed by atoms with van der Waals surface area (Å²) < 4.78 is 0. The van der Waals surface area contributed by atoms with Crippen molar-refractivity contribution < 1.29 is 10.2 Å². The molecule has 6 nitrogen and oxygen atoms in total. The van der Waals surface area contributed by atoms with Crippen LogP contribution >= 0.6 is 0 Å². The summed E-state index contributed by atoms with van der Waals surface area (Å²) >= 11 is 0. The van der Waals surface area contributed by atoms with Gasteiger partial charge in [0, 0.05) is 63.2 Å². The molecule has 0 bridgehead atoms. The molecule has 2 aromatic heterocycles. The molecule has 0 aliphatic carbocycles. The minimum absolute atomic E-state index is 0.253. The zero-order valence-electron chi connectivity index (χ0n) is 29.0. The average molecular weight is 647 g/mol. The van der Waals surface area contributed by atoms with Gasteiger partial charge in [-0.1, -0.05) is 75.3 Å². The quantitative estimate of drug-likeness (QED) is 0.0880. The maximum absolute atomic E-state index is 9.19. The molecule has 2 aromatic carbocycles. The second-order valence-corrected chi connectivity index (χ2v) is 12.3. The van der Waals surface area contributed by atoms with Crippen LogP contribution in [0.25, 0.3) is 35.7 Å². The molecule has 254 valence electrons. The third-order valence-electron chi connectivity index (χ3n) is 8.52. The summed E-state index contributed by atoms with van der Waals surface area (Å²) in [6.07, 6.45) is 20.6. The molecule has 48 heavy (non-hydrogen) atoms. The van der Waals surface area contributed by atoms with Crippen LogP contribution in [0, 0.1) is 0 Å². The molecule has 0 saturated carbocycles. The van der Waals surface area contributed by atoms with E-state index in [1.165, 1.54) is 37.1 Å². The van der Waals surface area contributed by atoms with Gasteiger partial charge in [-0.2, -0.15) is 0 Å². The molecule has 2 N–H and O–H groups in total. The minimum Gasteiger partial charge on any atom is -0.396 e. The van der Waals surface area contributed by atoms with Crippen LogP contribution in [0.4, 0.5) is 11.4 Å². The molecular weight excluding hydrogens is 592 g/mol. The molecule has 0 aliphatic heterocycles. The third-order valence-corrected chi connectivity index (χ3v) is 8.52. The maximum Gasteiger partial charge on any atom is 0.0892 e. The molecule has 4 rings (SSSR count). The van der Waals surface area contributed by atoms with E-state index in [-0.39, 0.29) is 13.2 Å². The molecule has 6 heteroatoms. The van der Waals surface area contributed by atoms with Crippen molar-refractivity contribution in [2.45, 2.75) is 65.2 Å². The van der Waals surface area contributed by atoms with Crippen molar-refractivity contribution >= 4 is 35.7 Å². The molecule has 0 aliphatic rings. The van der Waals surface area contributed by atoms with E-state index in [0.717, 1.165) is 85.5 Å². The first-order valence-electron chi connectivity index (χ1n) is 17.8. The minimum atomic E-state index is 0.253. The molecule has 0 spiro atoms. The van der Waals surface area contributed by atoms with Gasteiger partial charge in [-0.15, -0.1) is 0 Å². The zero-order chi connectivity index (χ0) is 33.8. The number of aliphatic hydroxyl groups excluding tert-OH is 2. The van der Waals surface area contributed by atoms with Gasteiger partial charge in [0.1, 0.15) is 0 Å². The summed E-state index contributed by atoms with van der Waals surface area (Å²) in [6.45, 7) is 8.98. The van der Waals surface area contributed by atoms with Crippen molar-refractivity contribution in [3.05, 3.63) is 107 Å². The zero-order valence-corrected chi connectivity index (χ0v) is 29.0. The van der Waals surface area contributed by atoms with Crippen LogP contribution in [-0.2, 0) is 0 Å². The number of unbranched alkanes of at least 4 members (excludes halogenated alkanes) is 4. The lowest BCUT2D eigenvalue weighted by atomic mass is 10.1. The number of aromatic nitrogens is 2. The predicted octanol–water partition coefficient (Wildman–Crippen LogP) is 9.24. The molecule has 4 aromatic rings. The van der Waals surface area contributed by atoms with Gasteiger partial charge in [-0.05, 0) is 109 Å². The molecule has 0 fully saturated rings. The van der Waals surface area contributed by atoms with Gasteiger partial charge in [0.15, 0.2) is 0 Å². The summed E-state index contributed by atoms with van der Waals surface area (Å²) in [5, 5.41) is 18.4. The number of anilines is 2. The lowest BCUT2D eigenvalue weighted by Crippen LogP contribution is -2.25. The number of aliphatic hydroxyl groups is 2. The van der Waals surface area contributed by atoms with Crippen LogP contribution in [0.2, 0.25) is 0 Å². The number of benzene rings is 2. The second-order valence-electron chi connectivity index (χ2n) is 12.3. The average Bonchev–Trinajstić information content (AvgIpc) is 3.13. The fourth-order valence-corrected chi connectivity index (χ4v) is 5.63. The first-order valence-corrected chi connectivity index (χ1v) is 17.8. The highest BCUT2D eigenvalue weighted by Crippen LogP contribution is 2.22. The fraction of sp³-hybridized carbons (Fsp3) is 0.381. The lowest BCUT2D eigenvalue weighted by Gasteiger charge is -2.25. The number of nitrogens with zero attached hydrogens (tertiary/aromatic N) is 4. The molecule has 2 heterocycles. The van der Waals surface area contributed by atoms with Gasteiger partial charge in [0.05, 0.1) is 11.4 Å². The first kappa shape index (κ1) is 36.6. The van der Waals surface area contributed by atoms with Crippen LogP contribution < -0.4 is 9.80 Å². The van der Waals surface area contributed by atoms with Crippen LogP contribution in [0.5, 0.6) is 0 Å². The van der Waals surface area contributed by atoms with Crippen molar-refractivity contribution in [3.8, 4) is 11.4 Å². The van der Waals surface area contributed by atoms with Gasteiger partial charge in [-0.3, -0.25) is 9.97 Å². The molecule has 0 saturated heterocycles. The third kappa shape index (κ3) is 12.1. The standard InChI is InChI=1S/C42H54N4O2/c1-3-5-27-45(29-7-9-31-47)39-19-15-35(16-20-39)11-13-37-23-25-43-41(33-37)42-34-38(24-26-44-42)14-12-36-17-21-40(22-18-36)46(28-6-4-2)30-8-10-32-48/h11-26,33-34,47-48H,3-10,27-32H2,1-2H3/b13-11+,14-12+. The smallest absolute Gasteiger partial charge is 0.0892 e. The Kier molecular flexibility index (Phi) is 15.9. The summed E-state index contributed by atoms with van der Waals surface area (Å²) in [4.78, 5) is 14.1.